The first-order valence-corrected chi connectivity index (χ1v) is 8.87. The molecule has 12 heteroatoms. The summed E-state index contributed by atoms with van der Waals surface area (Å²) in [5.74, 6) is -0.766. The van der Waals surface area contributed by atoms with Gasteiger partial charge in [-0.25, -0.2) is 9.37 Å². The Morgan fingerprint density at radius 1 is 1.23 bits per heavy atom. The van der Waals surface area contributed by atoms with E-state index in [-0.39, 0.29) is 60.5 Å². The van der Waals surface area contributed by atoms with Crippen molar-refractivity contribution < 1.29 is 36.9 Å². The average molecular weight is 466 g/mol. The fourth-order valence-corrected chi connectivity index (χ4v) is 2.96. The van der Waals surface area contributed by atoms with Crippen LogP contribution in [-0.4, -0.2) is 53.4 Å². The number of nitrogens with two attached hydrogens (primary N) is 1. The minimum atomic E-state index is -4.70. The summed E-state index contributed by atoms with van der Waals surface area (Å²) in [5.41, 5.74) is 4.50. The molecule has 170 valence electrons. The highest BCUT2D eigenvalue weighted by Gasteiger charge is 2.35. The molecular formula is C19H20ClF4N3O4. The molecule has 1 amide bonds. The number of pyridine rings is 1. The lowest BCUT2D eigenvalue weighted by molar-refractivity contribution is -0.141. The molecule has 1 aromatic heterocycles. The maximum absolute atomic E-state index is 13.6. The molecule has 1 aliphatic rings. The summed E-state index contributed by atoms with van der Waals surface area (Å²) in [6.45, 7) is -0.615. The van der Waals surface area contributed by atoms with Crippen molar-refractivity contribution in [2.75, 3.05) is 20.2 Å². The Hall–Kier alpha value is -2.63. The first-order chi connectivity index (χ1) is 14.1. The van der Waals surface area contributed by atoms with Crippen molar-refractivity contribution in [2.24, 2.45) is 5.73 Å². The number of β-amino-alcohol motifs (C(OH)–C–C–N with tert-alkyl or cyclic N) is 1. The molecule has 1 fully saturated rings. The van der Waals surface area contributed by atoms with Gasteiger partial charge in [0, 0.05) is 30.8 Å². The van der Waals surface area contributed by atoms with E-state index >= 15 is 0 Å². The van der Waals surface area contributed by atoms with Crippen molar-refractivity contribution in [3.05, 3.63) is 47.2 Å². The van der Waals surface area contributed by atoms with Gasteiger partial charge in [-0.2, -0.15) is 13.2 Å². The number of aliphatic hydroxyl groups excluding tert-OH is 1. The van der Waals surface area contributed by atoms with Gasteiger partial charge in [0.1, 0.15) is 29.5 Å². The topological polar surface area (TPSA) is 97.9 Å². The van der Waals surface area contributed by atoms with Crippen molar-refractivity contribution in [3.8, 4) is 17.4 Å². The van der Waals surface area contributed by atoms with Crippen LogP contribution in [0.15, 0.2) is 30.3 Å². The maximum atomic E-state index is 13.6. The first-order valence-electron chi connectivity index (χ1n) is 8.87. The van der Waals surface area contributed by atoms with Gasteiger partial charge in [0.15, 0.2) is 0 Å². The van der Waals surface area contributed by atoms with Crippen molar-refractivity contribution in [1.82, 2.24) is 9.88 Å². The number of aromatic nitrogens is 1. The monoisotopic (exact) mass is 465 g/mol. The van der Waals surface area contributed by atoms with E-state index in [0.717, 1.165) is 11.0 Å². The summed E-state index contributed by atoms with van der Waals surface area (Å²) < 4.78 is 63.3. The third-order valence-electron chi connectivity index (χ3n) is 4.48. The van der Waals surface area contributed by atoms with Crippen LogP contribution in [0.4, 0.5) is 17.6 Å². The lowest BCUT2D eigenvalue weighted by Gasteiger charge is -2.17. The highest BCUT2D eigenvalue weighted by molar-refractivity contribution is 5.95. The zero-order valence-corrected chi connectivity index (χ0v) is 17.0. The molecule has 2 heterocycles. The molecule has 3 N–H and O–H groups in total. The molecule has 1 aliphatic heterocycles. The second-order valence-corrected chi connectivity index (χ2v) is 6.69. The van der Waals surface area contributed by atoms with E-state index < -0.39 is 30.1 Å². The Bertz CT molecular complexity index is 935. The first kappa shape index (κ1) is 24.6. The number of amides is 1. The Balaban J connectivity index is 0.00000341. The number of hydrogen-bond acceptors (Lipinski definition) is 6. The molecule has 0 saturated carbocycles. The van der Waals surface area contributed by atoms with Crippen LogP contribution in [0.5, 0.6) is 17.4 Å². The standard InChI is InChI=1S/C19H19F4N3O4.ClH/c1-29-12-4-11(18(28)26-8-14(20)15(27)9-26)5-13(6-12)30-17-3-10(7-24)2-16(25-17)19(21,22)23;/h2-6,14-15,27H,7-9,24H2,1H3;1H/t14-,15-;/m0./s1. The molecule has 0 aliphatic carbocycles. The predicted octanol–water partition coefficient (Wildman–Crippen LogP) is 2.94. The van der Waals surface area contributed by atoms with Crippen molar-refractivity contribution >= 4 is 18.3 Å². The summed E-state index contributed by atoms with van der Waals surface area (Å²) in [6.07, 6.45) is -7.53. The number of benzene rings is 1. The lowest BCUT2D eigenvalue weighted by atomic mass is 10.1. The number of likely N-dealkylation sites (tertiary alicyclic amines) is 1. The third kappa shape index (κ3) is 5.75. The number of ether oxygens (including phenoxy) is 2. The number of carbonyl (C=O) groups excluding carboxylic acids is 1. The number of carbonyl (C=O) groups is 1. The van der Waals surface area contributed by atoms with E-state index in [2.05, 4.69) is 4.98 Å². The number of rotatable bonds is 5. The summed E-state index contributed by atoms with van der Waals surface area (Å²) in [4.78, 5) is 17.2. The van der Waals surface area contributed by atoms with Crippen molar-refractivity contribution in [3.63, 3.8) is 0 Å². The van der Waals surface area contributed by atoms with Crippen LogP contribution in [0.2, 0.25) is 0 Å². The molecular weight excluding hydrogens is 446 g/mol. The third-order valence-corrected chi connectivity index (χ3v) is 4.48. The second-order valence-electron chi connectivity index (χ2n) is 6.69. The molecule has 0 radical (unpaired) electrons. The zero-order valence-electron chi connectivity index (χ0n) is 16.2. The van der Waals surface area contributed by atoms with Crippen LogP contribution in [-0.2, 0) is 12.7 Å². The molecule has 7 nitrogen and oxygen atoms in total. The van der Waals surface area contributed by atoms with Crippen LogP contribution < -0.4 is 15.2 Å². The lowest BCUT2D eigenvalue weighted by Crippen LogP contribution is -2.29. The molecule has 1 aromatic carbocycles. The normalized spacial score (nSPS) is 18.5. The van der Waals surface area contributed by atoms with Crippen LogP contribution in [0.25, 0.3) is 0 Å². The molecule has 3 rings (SSSR count). The largest absolute Gasteiger partial charge is 0.497 e. The number of hydrogen-bond donors (Lipinski definition) is 2. The fraction of sp³-hybridized carbons (Fsp3) is 0.368. The minimum Gasteiger partial charge on any atom is -0.497 e. The Labute approximate surface area is 181 Å². The van der Waals surface area contributed by atoms with E-state index in [0.29, 0.717) is 0 Å². The van der Waals surface area contributed by atoms with Gasteiger partial charge < -0.3 is 25.2 Å². The predicted molar refractivity (Wildman–Crippen MR) is 104 cm³/mol. The molecule has 31 heavy (non-hydrogen) atoms. The zero-order chi connectivity index (χ0) is 22.1. The number of methoxy groups -OCH3 is 1. The summed E-state index contributed by atoms with van der Waals surface area (Å²) >= 11 is 0. The number of nitrogens with zero attached hydrogens (tertiary/aromatic N) is 2. The van der Waals surface area contributed by atoms with Crippen LogP contribution in [0.1, 0.15) is 21.6 Å². The van der Waals surface area contributed by atoms with Gasteiger partial charge >= 0.3 is 6.18 Å². The van der Waals surface area contributed by atoms with Gasteiger partial charge in [-0.15, -0.1) is 12.4 Å². The summed E-state index contributed by atoms with van der Waals surface area (Å²) in [7, 11) is 1.33. The Morgan fingerprint density at radius 2 is 1.90 bits per heavy atom. The SMILES string of the molecule is COc1cc(Oc2cc(CN)cc(C(F)(F)F)n2)cc(C(=O)N2C[C@H](O)[C@@H](F)C2)c1.Cl. The smallest absolute Gasteiger partial charge is 0.433 e. The van der Waals surface area contributed by atoms with Gasteiger partial charge in [-0.3, -0.25) is 4.79 Å². The minimum absolute atomic E-state index is 0. The van der Waals surface area contributed by atoms with Gasteiger partial charge in [0.05, 0.1) is 13.7 Å². The highest BCUT2D eigenvalue weighted by atomic mass is 35.5. The van der Waals surface area contributed by atoms with E-state index in [1.807, 2.05) is 0 Å². The number of alkyl halides is 4. The van der Waals surface area contributed by atoms with Gasteiger partial charge in [-0.1, -0.05) is 0 Å². The van der Waals surface area contributed by atoms with E-state index in [9.17, 15) is 27.5 Å². The molecule has 0 spiro atoms. The Morgan fingerprint density at radius 3 is 2.45 bits per heavy atom. The number of aliphatic hydroxyl groups is 1. The molecule has 2 atom stereocenters. The maximum Gasteiger partial charge on any atom is 0.433 e. The van der Waals surface area contributed by atoms with Crippen molar-refractivity contribution in [2.45, 2.75) is 25.0 Å². The summed E-state index contributed by atoms with van der Waals surface area (Å²) in [5, 5.41) is 9.53. The Kier molecular flexibility index (Phi) is 7.68. The van der Waals surface area contributed by atoms with Gasteiger partial charge in [0.25, 0.3) is 5.91 Å². The van der Waals surface area contributed by atoms with Gasteiger partial charge in [-0.05, 0) is 23.8 Å². The average Bonchev–Trinajstić information content (AvgIpc) is 3.04. The van der Waals surface area contributed by atoms with Crippen LogP contribution >= 0.6 is 12.4 Å². The van der Waals surface area contributed by atoms with E-state index in [4.69, 9.17) is 15.2 Å². The fourth-order valence-electron chi connectivity index (χ4n) is 2.96. The van der Waals surface area contributed by atoms with Crippen LogP contribution in [0.3, 0.4) is 0 Å². The highest BCUT2D eigenvalue weighted by Crippen LogP contribution is 2.33. The molecule has 2 aromatic rings. The van der Waals surface area contributed by atoms with Crippen LogP contribution in [0, 0.1) is 0 Å². The van der Waals surface area contributed by atoms with Gasteiger partial charge in [0.2, 0.25) is 5.88 Å². The molecule has 0 unspecified atom stereocenters. The van der Waals surface area contributed by atoms with E-state index in [1.165, 1.54) is 31.4 Å². The second kappa shape index (κ2) is 9.67. The summed E-state index contributed by atoms with van der Waals surface area (Å²) in [6, 6.07) is 6.07. The van der Waals surface area contributed by atoms with Crippen molar-refractivity contribution in [1.29, 1.82) is 0 Å². The molecule has 1 saturated heterocycles. The van der Waals surface area contributed by atoms with E-state index in [1.54, 1.807) is 0 Å². The molecule has 0 bridgehead atoms. The quantitative estimate of drug-likeness (QED) is 0.659. The number of halogens is 5.